The predicted octanol–water partition coefficient (Wildman–Crippen LogP) is 3.43. The van der Waals surface area contributed by atoms with E-state index in [-0.39, 0.29) is 30.0 Å². The molecule has 1 heterocycles. The van der Waals surface area contributed by atoms with Crippen LogP contribution in [0.15, 0.2) is 59.5 Å². The number of aromatic nitrogens is 2. The minimum Gasteiger partial charge on any atom is -0.396 e. The molecule has 31 heavy (non-hydrogen) atoms. The van der Waals surface area contributed by atoms with E-state index in [9.17, 15) is 14.7 Å². The van der Waals surface area contributed by atoms with Crippen LogP contribution in [-0.4, -0.2) is 33.4 Å². The first-order valence-electron chi connectivity index (χ1n) is 10.7. The third-order valence-corrected chi connectivity index (χ3v) is 7.13. The first-order valence-corrected chi connectivity index (χ1v) is 11.1. The number of halogens is 1. The summed E-state index contributed by atoms with van der Waals surface area (Å²) in [5, 5.41) is 18.4. The molecule has 3 atom stereocenters. The van der Waals surface area contributed by atoms with Gasteiger partial charge in [-0.3, -0.25) is 14.3 Å². The molecule has 3 unspecified atom stereocenters. The molecule has 2 aliphatic carbocycles. The summed E-state index contributed by atoms with van der Waals surface area (Å²) >= 11 is 5.92. The monoisotopic (exact) mass is 437 g/mol. The normalized spacial score (nSPS) is 25.2. The lowest BCUT2D eigenvalue weighted by Crippen LogP contribution is -2.38. The highest BCUT2D eigenvalue weighted by atomic mass is 35.5. The van der Waals surface area contributed by atoms with Gasteiger partial charge in [0.1, 0.15) is 0 Å². The van der Waals surface area contributed by atoms with E-state index in [1.807, 2.05) is 28.9 Å². The van der Waals surface area contributed by atoms with Crippen molar-refractivity contribution < 1.29 is 9.90 Å². The number of fused-ring (bicyclic) bond motifs is 2. The number of carbonyl (C=O) groups is 1. The molecule has 2 saturated carbocycles. The lowest BCUT2D eigenvalue weighted by Gasteiger charge is -2.23. The Bertz CT molecular complexity index is 1160. The number of benzene rings is 2. The van der Waals surface area contributed by atoms with Gasteiger partial charge in [-0.15, -0.1) is 0 Å². The van der Waals surface area contributed by atoms with Crippen LogP contribution in [0, 0.1) is 17.8 Å². The van der Waals surface area contributed by atoms with Gasteiger partial charge in [-0.1, -0.05) is 23.7 Å². The smallest absolute Gasteiger partial charge is 0.251 e. The number of hydrogen-bond acceptors (Lipinski definition) is 4. The second-order valence-electron chi connectivity index (χ2n) is 8.60. The fourth-order valence-corrected chi connectivity index (χ4v) is 5.56. The Morgan fingerprint density at radius 1 is 1.16 bits per heavy atom. The van der Waals surface area contributed by atoms with Crippen molar-refractivity contribution in [2.24, 2.45) is 17.8 Å². The predicted molar refractivity (Wildman–Crippen MR) is 119 cm³/mol. The first kappa shape index (κ1) is 20.2. The van der Waals surface area contributed by atoms with Crippen LogP contribution >= 0.6 is 11.6 Å². The average Bonchev–Trinajstić information content (AvgIpc) is 3.27. The van der Waals surface area contributed by atoms with Gasteiger partial charge in [0.2, 0.25) is 5.43 Å². The Morgan fingerprint density at radius 2 is 1.87 bits per heavy atom. The van der Waals surface area contributed by atoms with Gasteiger partial charge in [-0.25, -0.2) is 0 Å². The highest BCUT2D eigenvalue weighted by Crippen LogP contribution is 2.62. The highest BCUT2D eigenvalue weighted by Gasteiger charge is 2.59. The minimum absolute atomic E-state index is 0.0385. The molecule has 2 aromatic carbocycles. The van der Waals surface area contributed by atoms with Crippen LogP contribution in [0.25, 0.3) is 10.9 Å². The van der Waals surface area contributed by atoms with Crippen LogP contribution in [0.3, 0.4) is 0 Å². The molecule has 0 saturated heterocycles. The largest absolute Gasteiger partial charge is 0.396 e. The molecule has 2 N–H and O–H groups in total. The number of carbonyl (C=O) groups excluding carboxylic acids is 1. The Hall–Kier alpha value is -2.70. The van der Waals surface area contributed by atoms with E-state index in [2.05, 4.69) is 10.4 Å². The zero-order chi connectivity index (χ0) is 21.5. The standard InChI is InChI=1S/C24H24ClN3O3/c25-15-7-5-14(6-8-15)24(31)27-20(9-10-29)23-18-11-16(12-19(18)23)28-21-4-2-1-3-17(21)22(30)13-26-28/h1-8,13,16,18-20,23,29H,9-12H2,(H,27,31). The van der Waals surface area contributed by atoms with Gasteiger partial charge in [-0.2, -0.15) is 5.10 Å². The van der Waals surface area contributed by atoms with Gasteiger partial charge in [0, 0.05) is 28.6 Å². The maximum Gasteiger partial charge on any atom is 0.251 e. The highest BCUT2D eigenvalue weighted by molar-refractivity contribution is 6.30. The first-order chi connectivity index (χ1) is 15.1. The molecule has 5 rings (SSSR count). The summed E-state index contributed by atoms with van der Waals surface area (Å²) in [5.74, 6) is 1.22. The fraction of sp³-hybridized carbons (Fsp3) is 0.375. The van der Waals surface area contributed by atoms with E-state index in [1.54, 1.807) is 24.3 Å². The van der Waals surface area contributed by atoms with Crippen LogP contribution in [0.5, 0.6) is 0 Å². The van der Waals surface area contributed by atoms with Gasteiger partial charge in [0.15, 0.2) is 0 Å². The molecule has 3 aromatic rings. The van der Waals surface area contributed by atoms with Crippen LogP contribution < -0.4 is 10.7 Å². The van der Waals surface area contributed by atoms with Crippen LogP contribution in [0.4, 0.5) is 0 Å². The van der Waals surface area contributed by atoms with Crippen molar-refractivity contribution in [3.05, 3.63) is 75.5 Å². The molecule has 6 nitrogen and oxygen atoms in total. The van der Waals surface area contributed by atoms with Gasteiger partial charge in [0.05, 0.1) is 17.8 Å². The van der Waals surface area contributed by atoms with Crippen molar-refractivity contribution in [3.8, 4) is 0 Å². The second-order valence-corrected chi connectivity index (χ2v) is 9.04. The van der Waals surface area contributed by atoms with E-state index in [1.165, 1.54) is 6.20 Å². The molecule has 1 amide bonds. The van der Waals surface area contributed by atoms with Crippen molar-refractivity contribution in [1.82, 2.24) is 15.1 Å². The quantitative estimate of drug-likeness (QED) is 0.618. The van der Waals surface area contributed by atoms with Gasteiger partial charge in [0.25, 0.3) is 5.91 Å². The van der Waals surface area contributed by atoms with Crippen molar-refractivity contribution in [1.29, 1.82) is 0 Å². The number of aliphatic hydroxyl groups is 1. The Morgan fingerprint density at radius 3 is 2.58 bits per heavy atom. The van der Waals surface area contributed by atoms with Gasteiger partial charge >= 0.3 is 0 Å². The fourth-order valence-electron chi connectivity index (χ4n) is 5.43. The third kappa shape index (κ3) is 3.75. The number of hydrogen-bond donors (Lipinski definition) is 2. The zero-order valence-corrected chi connectivity index (χ0v) is 17.7. The molecular weight excluding hydrogens is 414 g/mol. The van der Waals surface area contributed by atoms with E-state index in [0.29, 0.717) is 40.1 Å². The van der Waals surface area contributed by atoms with E-state index in [4.69, 9.17) is 11.6 Å². The van der Waals surface area contributed by atoms with Crippen LogP contribution in [-0.2, 0) is 0 Å². The lowest BCUT2D eigenvalue weighted by atomic mass is 9.98. The summed E-state index contributed by atoms with van der Waals surface area (Å²) in [4.78, 5) is 24.8. The topological polar surface area (TPSA) is 84.2 Å². The Kier molecular flexibility index (Phi) is 5.28. The summed E-state index contributed by atoms with van der Waals surface area (Å²) in [6.07, 6.45) is 3.88. The Labute approximate surface area is 184 Å². The molecular formula is C24H24ClN3O3. The van der Waals surface area contributed by atoms with Crippen molar-refractivity contribution >= 4 is 28.4 Å². The molecule has 0 radical (unpaired) electrons. The van der Waals surface area contributed by atoms with Crippen molar-refractivity contribution in [2.75, 3.05) is 6.61 Å². The van der Waals surface area contributed by atoms with E-state index >= 15 is 0 Å². The number of para-hydroxylation sites is 1. The summed E-state index contributed by atoms with van der Waals surface area (Å²) < 4.78 is 1.99. The molecule has 2 aliphatic rings. The molecule has 2 fully saturated rings. The molecule has 7 heteroatoms. The summed E-state index contributed by atoms with van der Waals surface area (Å²) in [6, 6.07) is 14.6. The lowest BCUT2D eigenvalue weighted by molar-refractivity contribution is 0.0919. The number of nitrogens with zero attached hydrogens (tertiary/aromatic N) is 2. The van der Waals surface area contributed by atoms with Crippen molar-refractivity contribution in [2.45, 2.75) is 31.3 Å². The number of rotatable bonds is 6. The van der Waals surface area contributed by atoms with E-state index in [0.717, 1.165) is 18.4 Å². The van der Waals surface area contributed by atoms with Crippen LogP contribution in [0.2, 0.25) is 5.02 Å². The molecule has 1 aromatic heterocycles. The van der Waals surface area contributed by atoms with Crippen molar-refractivity contribution in [3.63, 3.8) is 0 Å². The average molecular weight is 438 g/mol. The molecule has 160 valence electrons. The van der Waals surface area contributed by atoms with E-state index < -0.39 is 0 Å². The maximum atomic E-state index is 12.7. The third-order valence-electron chi connectivity index (χ3n) is 6.88. The van der Waals surface area contributed by atoms with Gasteiger partial charge < -0.3 is 10.4 Å². The SMILES string of the molecule is O=C(NC(CCO)C1C2CC(n3ncc(=O)c4ccccc43)CC21)c1ccc(Cl)cc1. The number of nitrogens with one attached hydrogen (secondary N) is 1. The number of amides is 1. The minimum atomic E-state index is -0.135. The Balaban J connectivity index is 1.29. The molecule has 0 bridgehead atoms. The maximum absolute atomic E-state index is 12.7. The number of aliphatic hydroxyl groups excluding tert-OH is 1. The van der Waals surface area contributed by atoms with Gasteiger partial charge in [-0.05, 0) is 73.4 Å². The summed E-state index contributed by atoms with van der Waals surface area (Å²) in [5.41, 5.74) is 1.39. The summed E-state index contributed by atoms with van der Waals surface area (Å²) in [6.45, 7) is 0.0385. The summed E-state index contributed by atoms with van der Waals surface area (Å²) in [7, 11) is 0. The molecule has 0 spiro atoms. The van der Waals surface area contributed by atoms with Crippen LogP contribution in [0.1, 0.15) is 35.7 Å². The zero-order valence-electron chi connectivity index (χ0n) is 16.9. The second kappa shape index (κ2) is 8.09. The molecule has 0 aliphatic heterocycles.